The normalized spacial score (nSPS) is 16.7. The van der Waals surface area contributed by atoms with Gasteiger partial charge in [0.15, 0.2) is 0 Å². The van der Waals surface area contributed by atoms with Crippen LogP contribution < -0.4 is 19.5 Å². The van der Waals surface area contributed by atoms with Gasteiger partial charge in [-0.2, -0.15) is 0 Å². The molecule has 1 atom stereocenters. The van der Waals surface area contributed by atoms with Gasteiger partial charge >= 0.3 is 5.97 Å². The number of para-hydroxylation sites is 1. The van der Waals surface area contributed by atoms with Gasteiger partial charge in [0.05, 0.1) is 25.5 Å². The third-order valence-electron chi connectivity index (χ3n) is 5.49. The van der Waals surface area contributed by atoms with Crippen LogP contribution in [0.1, 0.15) is 17.0 Å². The van der Waals surface area contributed by atoms with Gasteiger partial charge < -0.3 is 24.3 Å². The van der Waals surface area contributed by atoms with Crippen molar-refractivity contribution in [2.75, 3.05) is 26.1 Å². The summed E-state index contributed by atoms with van der Waals surface area (Å²) >= 11 is 0. The number of nitrogens with one attached hydrogen (secondary N) is 1. The number of rotatable bonds is 5. The van der Waals surface area contributed by atoms with E-state index < -0.39 is 0 Å². The SMILES string of the molecule is COc1cc(OC)cc(C2C3=C(COC3=O)Nc3cc(Oc4ccccc4)ccc32)c1. The van der Waals surface area contributed by atoms with Crippen LogP contribution in [0.15, 0.2) is 78.0 Å². The van der Waals surface area contributed by atoms with E-state index in [0.29, 0.717) is 22.8 Å². The van der Waals surface area contributed by atoms with E-state index in [4.69, 9.17) is 18.9 Å². The highest BCUT2D eigenvalue weighted by atomic mass is 16.5. The highest BCUT2D eigenvalue weighted by Crippen LogP contribution is 2.46. The number of hydrogen-bond acceptors (Lipinski definition) is 6. The zero-order valence-electron chi connectivity index (χ0n) is 17.2. The molecule has 2 aliphatic rings. The molecule has 0 saturated carbocycles. The molecule has 0 bridgehead atoms. The van der Waals surface area contributed by atoms with Crippen LogP contribution in [0.3, 0.4) is 0 Å². The van der Waals surface area contributed by atoms with E-state index in [1.54, 1.807) is 14.2 Å². The number of fused-ring (bicyclic) bond motifs is 1. The second kappa shape index (κ2) is 7.72. The number of carbonyl (C=O) groups is 1. The summed E-state index contributed by atoms with van der Waals surface area (Å²) in [4.78, 5) is 12.6. The second-order valence-electron chi connectivity index (χ2n) is 7.34. The standard InChI is InChI=1S/C25H21NO5/c1-28-18-10-15(11-19(12-18)29-2)23-20-9-8-17(31-16-6-4-3-5-7-16)13-21(20)26-22-14-30-25(27)24(22)23/h3-13,23,26H,14H2,1-2H3. The van der Waals surface area contributed by atoms with Crippen molar-refractivity contribution in [1.82, 2.24) is 0 Å². The van der Waals surface area contributed by atoms with E-state index in [2.05, 4.69) is 5.32 Å². The molecule has 3 aromatic rings. The number of carbonyl (C=O) groups excluding carboxylic acids is 1. The Morgan fingerprint density at radius 1 is 0.871 bits per heavy atom. The first-order valence-corrected chi connectivity index (χ1v) is 9.93. The van der Waals surface area contributed by atoms with E-state index in [1.807, 2.05) is 66.7 Å². The van der Waals surface area contributed by atoms with Gasteiger partial charge in [0.1, 0.15) is 29.6 Å². The Balaban J connectivity index is 1.60. The summed E-state index contributed by atoms with van der Waals surface area (Å²) in [7, 11) is 3.22. The number of benzene rings is 3. The monoisotopic (exact) mass is 415 g/mol. The quantitative estimate of drug-likeness (QED) is 0.600. The fourth-order valence-corrected chi connectivity index (χ4v) is 4.06. The lowest BCUT2D eigenvalue weighted by atomic mass is 9.81. The molecule has 2 aliphatic heterocycles. The van der Waals surface area contributed by atoms with Crippen LogP contribution in [0.4, 0.5) is 5.69 Å². The van der Waals surface area contributed by atoms with Gasteiger partial charge in [0.25, 0.3) is 0 Å². The molecule has 0 amide bonds. The highest BCUT2D eigenvalue weighted by molar-refractivity contribution is 5.97. The number of ether oxygens (including phenoxy) is 4. The Morgan fingerprint density at radius 3 is 2.32 bits per heavy atom. The lowest BCUT2D eigenvalue weighted by molar-refractivity contribution is -0.136. The van der Waals surface area contributed by atoms with Crippen LogP contribution in [-0.2, 0) is 9.53 Å². The minimum Gasteiger partial charge on any atom is -0.497 e. The van der Waals surface area contributed by atoms with E-state index in [1.165, 1.54) is 0 Å². The van der Waals surface area contributed by atoms with Crippen LogP contribution in [0.2, 0.25) is 0 Å². The molecule has 5 rings (SSSR count). The fourth-order valence-electron chi connectivity index (χ4n) is 4.06. The lowest BCUT2D eigenvalue weighted by Gasteiger charge is -2.28. The molecular formula is C25H21NO5. The fraction of sp³-hybridized carbons (Fsp3) is 0.160. The minimum atomic E-state index is -0.315. The van der Waals surface area contributed by atoms with Gasteiger partial charge in [0, 0.05) is 23.7 Å². The van der Waals surface area contributed by atoms with Crippen molar-refractivity contribution >= 4 is 11.7 Å². The molecule has 0 aliphatic carbocycles. The molecule has 31 heavy (non-hydrogen) atoms. The van der Waals surface area contributed by atoms with Gasteiger partial charge in [-0.1, -0.05) is 24.3 Å². The predicted molar refractivity (Wildman–Crippen MR) is 116 cm³/mol. The van der Waals surface area contributed by atoms with Crippen molar-refractivity contribution < 1.29 is 23.7 Å². The maximum Gasteiger partial charge on any atom is 0.337 e. The smallest absolute Gasteiger partial charge is 0.337 e. The minimum absolute atomic E-state index is 0.217. The topological polar surface area (TPSA) is 66.0 Å². The average molecular weight is 415 g/mol. The zero-order valence-corrected chi connectivity index (χ0v) is 17.2. The maximum absolute atomic E-state index is 12.6. The number of cyclic esters (lactones) is 1. The molecular weight excluding hydrogens is 394 g/mol. The number of methoxy groups -OCH3 is 2. The number of hydrogen-bond donors (Lipinski definition) is 1. The molecule has 3 aromatic carbocycles. The van der Waals surface area contributed by atoms with E-state index in [-0.39, 0.29) is 18.5 Å². The van der Waals surface area contributed by atoms with Gasteiger partial charge in [-0.3, -0.25) is 0 Å². The summed E-state index contributed by atoms with van der Waals surface area (Å²) < 4.78 is 22.3. The van der Waals surface area contributed by atoms with Crippen molar-refractivity contribution in [3.05, 3.63) is 89.1 Å². The van der Waals surface area contributed by atoms with Crippen molar-refractivity contribution in [3.63, 3.8) is 0 Å². The molecule has 156 valence electrons. The molecule has 2 heterocycles. The van der Waals surface area contributed by atoms with Crippen molar-refractivity contribution in [3.8, 4) is 23.0 Å². The predicted octanol–water partition coefficient (Wildman–Crippen LogP) is 4.86. The summed E-state index contributed by atoms with van der Waals surface area (Å²) in [6.07, 6.45) is 0. The van der Waals surface area contributed by atoms with E-state index in [0.717, 1.165) is 28.3 Å². The summed E-state index contributed by atoms with van der Waals surface area (Å²) in [5.74, 6) is 2.15. The average Bonchev–Trinajstić information content (AvgIpc) is 3.17. The van der Waals surface area contributed by atoms with Crippen LogP contribution in [0.25, 0.3) is 0 Å². The van der Waals surface area contributed by atoms with Gasteiger partial charge in [-0.15, -0.1) is 0 Å². The largest absolute Gasteiger partial charge is 0.497 e. The molecule has 6 heteroatoms. The summed E-state index contributed by atoms with van der Waals surface area (Å²) in [6, 6.07) is 21.1. The van der Waals surface area contributed by atoms with Crippen LogP contribution in [0, 0.1) is 0 Å². The van der Waals surface area contributed by atoms with Crippen LogP contribution >= 0.6 is 0 Å². The summed E-state index contributed by atoms with van der Waals surface area (Å²) in [6.45, 7) is 0.217. The molecule has 1 unspecified atom stereocenters. The Bertz CT molecular complexity index is 1160. The lowest BCUT2D eigenvalue weighted by Crippen LogP contribution is -2.20. The molecule has 1 N–H and O–H groups in total. The number of esters is 1. The highest BCUT2D eigenvalue weighted by Gasteiger charge is 2.38. The Kier molecular flexibility index (Phi) is 4.75. The van der Waals surface area contributed by atoms with Crippen molar-refractivity contribution in [2.45, 2.75) is 5.92 Å². The van der Waals surface area contributed by atoms with Crippen molar-refractivity contribution in [1.29, 1.82) is 0 Å². The third kappa shape index (κ3) is 3.46. The molecule has 0 radical (unpaired) electrons. The van der Waals surface area contributed by atoms with Crippen LogP contribution in [0.5, 0.6) is 23.0 Å². The summed E-state index contributed by atoms with van der Waals surface area (Å²) in [5.41, 5.74) is 4.09. The first-order chi connectivity index (χ1) is 15.2. The van der Waals surface area contributed by atoms with E-state index >= 15 is 0 Å². The van der Waals surface area contributed by atoms with Crippen molar-refractivity contribution in [2.24, 2.45) is 0 Å². The first kappa shape index (κ1) is 19.1. The Morgan fingerprint density at radius 2 is 1.61 bits per heavy atom. The molecule has 6 nitrogen and oxygen atoms in total. The zero-order chi connectivity index (χ0) is 21.4. The Labute approximate surface area is 180 Å². The summed E-state index contributed by atoms with van der Waals surface area (Å²) in [5, 5.41) is 3.36. The molecule has 0 fully saturated rings. The first-order valence-electron chi connectivity index (χ1n) is 9.93. The maximum atomic E-state index is 12.6. The molecule has 0 spiro atoms. The van der Waals surface area contributed by atoms with E-state index in [9.17, 15) is 4.79 Å². The molecule has 0 aromatic heterocycles. The third-order valence-corrected chi connectivity index (χ3v) is 5.49. The second-order valence-corrected chi connectivity index (χ2v) is 7.34. The number of anilines is 1. The van der Waals surface area contributed by atoms with Gasteiger partial charge in [-0.25, -0.2) is 4.79 Å². The molecule has 0 saturated heterocycles. The van der Waals surface area contributed by atoms with Crippen LogP contribution in [-0.4, -0.2) is 26.8 Å². The van der Waals surface area contributed by atoms with Gasteiger partial charge in [-0.05, 0) is 41.5 Å². The Hall–Kier alpha value is -3.93. The van der Waals surface area contributed by atoms with Gasteiger partial charge in [0.2, 0.25) is 0 Å².